The Kier molecular flexibility index (Phi) is 8.89. The molecular formula is C26H27Cl3F3N7O8. The van der Waals surface area contributed by atoms with Crippen LogP contribution in [0.1, 0.15) is 28.8 Å². The zero-order valence-corrected chi connectivity index (χ0v) is 26.4. The Morgan fingerprint density at radius 2 is 1.83 bits per heavy atom. The van der Waals surface area contributed by atoms with Crippen molar-refractivity contribution in [3.8, 4) is 5.75 Å². The van der Waals surface area contributed by atoms with E-state index in [2.05, 4.69) is 32.8 Å². The third-order valence-corrected chi connectivity index (χ3v) is 8.36. The summed E-state index contributed by atoms with van der Waals surface area (Å²) in [6, 6.07) is -1.78. The number of amides is 4. The van der Waals surface area contributed by atoms with Gasteiger partial charge in [-0.2, -0.15) is 13.2 Å². The number of carbonyl (C=O) groups excluding carboxylic acids is 4. The van der Waals surface area contributed by atoms with Gasteiger partial charge in [0.15, 0.2) is 5.66 Å². The number of hydrogen-bond acceptors (Lipinski definition) is 12. The number of likely N-dealkylation sites (tertiary alicyclic amines) is 1. The van der Waals surface area contributed by atoms with Crippen molar-refractivity contribution in [1.82, 2.24) is 31.1 Å². The van der Waals surface area contributed by atoms with Gasteiger partial charge >= 0.3 is 12.3 Å². The fourth-order valence-electron chi connectivity index (χ4n) is 5.97. The van der Waals surface area contributed by atoms with Crippen molar-refractivity contribution in [3.05, 3.63) is 41.7 Å². The van der Waals surface area contributed by atoms with Crippen molar-refractivity contribution in [1.29, 1.82) is 0 Å². The lowest BCUT2D eigenvalue weighted by atomic mass is 9.85. The molecule has 4 aliphatic heterocycles. The first-order chi connectivity index (χ1) is 21.8. The molecule has 0 aromatic heterocycles. The number of rotatable bonds is 6. The monoisotopic (exact) mass is 727 g/mol. The molecule has 21 heteroatoms. The van der Waals surface area contributed by atoms with E-state index in [4.69, 9.17) is 44.3 Å². The quantitative estimate of drug-likeness (QED) is 0.136. The van der Waals surface area contributed by atoms with E-state index in [0.29, 0.717) is 12.1 Å². The maximum Gasteiger partial charge on any atom is 0.416 e. The molecule has 15 nitrogen and oxygen atoms in total. The van der Waals surface area contributed by atoms with Crippen molar-refractivity contribution in [2.75, 3.05) is 26.8 Å². The lowest BCUT2D eigenvalue weighted by Gasteiger charge is -2.49. The van der Waals surface area contributed by atoms with Crippen LogP contribution >= 0.6 is 34.8 Å². The Hall–Kier alpha value is -3.71. The van der Waals surface area contributed by atoms with Gasteiger partial charge in [0.1, 0.15) is 18.4 Å². The van der Waals surface area contributed by atoms with Crippen LogP contribution in [0.5, 0.6) is 5.75 Å². The largest absolute Gasteiger partial charge is 0.497 e. The van der Waals surface area contributed by atoms with Gasteiger partial charge in [0, 0.05) is 24.9 Å². The van der Waals surface area contributed by atoms with Crippen LogP contribution < -0.4 is 26.0 Å². The predicted octanol–water partition coefficient (Wildman–Crippen LogP) is 0.521. The Bertz CT molecular complexity index is 1540. The van der Waals surface area contributed by atoms with E-state index in [1.165, 1.54) is 0 Å². The molecule has 3 fully saturated rings. The molecule has 4 aliphatic rings. The van der Waals surface area contributed by atoms with Crippen LogP contribution in [0.3, 0.4) is 0 Å². The average Bonchev–Trinajstić information content (AvgIpc) is 3.57. The molecule has 1 spiro atoms. The smallest absolute Gasteiger partial charge is 0.416 e. The molecule has 4 amide bonds. The number of ether oxygens (including phenoxy) is 2. The van der Waals surface area contributed by atoms with Crippen molar-refractivity contribution >= 4 is 64.6 Å². The zero-order chi connectivity index (χ0) is 34.7. The van der Waals surface area contributed by atoms with Gasteiger partial charge in [-0.25, -0.2) is 9.79 Å². The highest BCUT2D eigenvalue weighted by atomic mass is 35.6. The molecule has 47 heavy (non-hydrogen) atoms. The second kappa shape index (κ2) is 12.1. The molecule has 0 bridgehead atoms. The second-order valence-electron chi connectivity index (χ2n) is 11.0. The summed E-state index contributed by atoms with van der Waals surface area (Å²) < 4.78 is 48.4. The second-order valence-corrected chi connectivity index (χ2v) is 13.6. The minimum Gasteiger partial charge on any atom is -0.497 e. The summed E-state index contributed by atoms with van der Waals surface area (Å²) in [6.07, 6.45) is -6.15. The molecule has 6 N–H and O–H groups in total. The summed E-state index contributed by atoms with van der Waals surface area (Å²) in [7, 11) is 1.11. The fraction of sp³-hybridized carbons (Fsp3) is 0.500. The SMILES string of the molecule is C=C1NC2[C@H](CN3C(=O)CCC3=O)N=C(NC(=O)OCC(Cl)(Cl)Cl)N3CC(NC(=O)c4cc(OC)cc(C(F)(F)F)c4)C(O)(O)C23N1. The molecule has 5 rings (SSSR count). The van der Waals surface area contributed by atoms with Crippen molar-refractivity contribution < 1.29 is 52.0 Å². The van der Waals surface area contributed by atoms with Gasteiger partial charge in [-0.05, 0) is 18.2 Å². The standard InChI is InChI=1S/C26H27Cl3F3N7O8/c1-11-33-19-15(8-38-17(40)3-4-18(38)41)34-21(36-22(43)47-10-23(27,28)29)39-9-16(25(44,45)24(19,39)37-11)35-20(42)12-5-13(26(30,31)32)7-14(6-12)46-2/h5-7,15-16,19,33,37,44-45H,1,3-4,8-10H2,2H3,(H,35,42)(H,34,36,43)/t15-,16?,19?,24?/m0/s1. The van der Waals surface area contributed by atoms with E-state index >= 15 is 0 Å². The fourth-order valence-corrected chi connectivity index (χ4v) is 6.14. The van der Waals surface area contributed by atoms with Crippen molar-refractivity contribution in [2.45, 2.75) is 52.4 Å². The van der Waals surface area contributed by atoms with Gasteiger partial charge in [-0.15, -0.1) is 0 Å². The molecule has 1 aromatic carbocycles. The summed E-state index contributed by atoms with van der Waals surface area (Å²) in [4.78, 5) is 57.6. The van der Waals surface area contributed by atoms with E-state index in [1.807, 2.05) is 0 Å². The van der Waals surface area contributed by atoms with Gasteiger partial charge in [-0.1, -0.05) is 41.4 Å². The Morgan fingerprint density at radius 1 is 1.17 bits per heavy atom. The molecule has 1 aromatic rings. The Labute approximate surface area is 278 Å². The first-order valence-corrected chi connectivity index (χ1v) is 14.8. The predicted molar refractivity (Wildman–Crippen MR) is 157 cm³/mol. The van der Waals surface area contributed by atoms with E-state index in [1.54, 1.807) is 0 Å². The number of alkyl halides is 6. The molecule has 256 valence electrons. The maximum absolute atomic E-state index is 13.5. The topological polar surface area (TPSA) is 194 Å². The van der Waals surface area contributed by atoms with Crippen LogP contribution in [0.15, 0.2) is 35.6 Å². The Morgan fingerprint density at radius 3 is 2.43 bits per heavy atom. The first-order valence-electron chi connectivity index (χ1n) is 13.7. The van der Waals surface area contributed by atoms with Gasteiger partial charge in [0.25, 0.3) is 5.91 Å². The molecule has 0 saturated carbocycles. The van der Waals surface area contributed by atoms with Crippen LogP contribution in [0.4, 0.5) is 18.0 Å². The molecule has 4 atom stereocenters. The number of methoxy groups -OCH3 is 1. The number of alkyl carbamates (subject to hydrolysis) is 1. The lowest BCUT2D eigenvalue weighted by Crippen LogP contribution is -2.78. The van der Waals surface area contributed by atoms with Gasteiger partial charge in [0.2, 0.25) is 27.4 Å². The van der Waals surface area contributed by atoms with E-state index in [-0.39, 0.29) is 36.9 Å². The van der Waals surface area contributed by atoms with Crippen LogP contribution in [-0.4, -0.2) is 110 Å². The van der Waals surface area contributed by atoms with Gasteiger partial charge in [0.05, 0.1) is 37.1 Å². The minimum atomic E-state index is -4.84. The number of nitrogens with one attached hydrogen (secondary N) is 4. The van der Waals surface area contributed by atoms with E-state index in [9.17, 15) is 42.6 Å². The third kappa shape index (κ3) is 6.43. The molecule has 0 aliphatic carbocycles. The molecule has 3 unspecified atom stereocenters. The maximum atomic E-state index is 13.5. The number of aliphatic hydroxyl groups is 2. The summed E-state index contributed by atoms with van der Waals surface area (Å²) in [5.41, 5.74) is -3.83. The number of nitrogens with zero attached hydrogens (tertiary/aromatic N) is 3. The number of aliphatic imine (C=N–C) groups is 1. The summed E-state index contributed by atoms with van der Waals surface area (Å²) >= 11 is 17.0. The summed E-state index contributed by atoms with van der Waals surface area (Å²) in [5, 5.41) is 34.0. The minimum absolute atomic E-state index is 0.0290. The van der Waals surface area contributed by atoms with E-state index < -0.39 is 87.6 Å². The number of benzene rings is 1. The van der Waals surface area contributed by atoms with Gasteiger partial charge < -0.3 is 40.5 Å². The molecular weight excluding hydrogens is 702 g/mol. The average molecular weight is 729 g/mol. The van der Waals surface area contributed by atoms with Crippen molar-refractivity contribution in [3.63, 3.8) is 0 Å². The normalized spacial score (nSPS) is 26.6. The Balaban J connectivity index is 1.52. The van der Waals surface area contributed by atoms with Crippen molar-refractivity contribution in [2.24, 2.45) is 4.99 Å². The van der Waals surface area contributed by atoms with Crippen LogP contribution in [0, 0.1) is 0 Å². The first kappa shape index (κ1) is 34.6. The van der Waals surface area contributed by atoms with E-state index in [0.717, 1.165) is 23.0 Å². The number of halogens is 6. The highest BCUT2D eigenvalue weighted by molar-refractivity contribution is 6.67. The zero-order valence-electron chi connectivity index (χ0n) is 24.2. The number of imide groups is 1. The van der Waals surface area contributed by atoms with Crippen LogP contribution in [0.25, 0.3) is 0 Å². The molecule has 3 saturated heterocycles. The van der Waals surface area contributed by atoms with Crippen LogP contribution in [-0.2, 0) is 20.5 Å². The number of guanidine groups is 1. The molecule has 4 heterocycles. The van der Waals surface area contributed by atoms with Crippen LogP contribution in [0.2, 0.25) is 0 Å². The highest BCUT2D eigenvalue weighted by Gasteiger charge is 2.74. The highest BCUT2D eigenvalue weighted by Crippen LogP contribution is 2.45. The lowest BCUT2D eigenvalue weighted by molar-refractivity contribution is -0.231. The summed E-state index contributed by atoms with van der Waals surface area (Å²) in [6.45, 7) is 2.19. The number of carbonyl (C=O) groups is 4. The van der Waals surface area contributed by atoms with Gasteiger partial charge in [-0.3, -0.25) is 24.6 Å². The third-order valence-electron chi connectivity index (χ3n) is 8.03. The summed E-state index contributed by atoms with van der Waals surface area (Å²) in [5.74, 6) is -5.79. The molecule has 0 radical (unpaired) electrons. The number of hydrogen-bond donors (Lipinski definition) is 6.